The molecule has 0 fully saturated rings. The summed E-state index contributed by atoms with van der Waals surface area (Å²) in [5.74, 6) is -0.284. The standard InChI is InChI=1S/C20H23NO3/c1-21(24-2)19(22)14-13-18(15-16-9-5-3-6-10-16)20(23)17-11-7-4-8-12-17/h3-12,18H,13-15H2,1-2H3/t18-/m0/s1. The van der Waals surface area contributed by atoms with Crippen molar-refractivity contribution >= 4 is 11.7 Å². The number of amides is 1. The SMILES string of the molecule is CON(C)C(=O)CC[C@@H](Cc1ccccc1)C(=O)c1ccccc1. The van der Waals surface area contributed by atoms with Crippen molar-refractivity contribution in [2.45, 2.75) is 19.3 Å². The van der Waals surface area contributed by atoms with Crippen LogP contribution in [0.3, 0.4) is 0 Å². The van der Waals surface area contributed by atoms with Crippen molar-refractivity contribution in [2.75, 3.05) is 14.2 Å². The highest BCUT2D eigenvalue weighted by Gasteiger charge is 2.22. The van der Waals surface area contributed by atoms with Crippen LogP contribution < -0.4 is 0 Å². The second-order valence-corrected chi connectivity index (χ2v) is 5.73. The number of carbonyl (C=O) groups is 2. The van der Waals surface area contributed by atoms with Crippen LogP contribution in [0.1, 0.15) is 28.8 Å². The molecule has 0 N–H and O–H groups in total. The van der Waals surface area contributed by atoms with Crippen LogP contribution in [0.4, 0.5) is 0 Å². The molecule has 4 nitrogen and oxygen atoms in total. The molecule has 0 unspecified atom stereocenters. The molecule has 0 saturated heterocycles. The van der Waals surface area contributed by atoms with E-state index in [-0.39, 0.29) is 24.0 Å². The van der Waals surface area contributed by atoms with Crippen molar-refractivity contribution in [1.82, 2.24) is 5.06 Å². The van der Waals surface area contributed by atoms with Crippen molar-refractivity contribution in [3.8, 4) is 0 Å². The lowest BCUT2D eigenvalue weighted by Gasteiger charge is -2.18. The Bertz CT molecular complexity index is 655. The van der Waals surface area contributed by atoms with Crippen molar-refractivity contribution in [3.63, 3.8) is 0 Å². The van der Waals surface area contributed by atoms with E-state index in [0.717, 1.165) is 5.56 Å². The van der Waals surface area contributed by atoms with Crippen molar-refractivity contribution in [3.05, 3.63) is 71.8 Å². The predicted molar refractivity (Wildman–Crippen MR) is 93.4 cm³/mol. The van der Waals surface area contributed by atoms with E-state index < -0.39 is 0 Å². The van der Waals surface area contributed by atoms with Gasteiger partial charge in [0.25, 0.3) is 0 Å². The number of carbonyl (C=O) groups excluding carboxylic acids is 2. The first kappa shape index (κ1) is 17.9. The molecule has 2 aromatic carbocycles. The summed E-state index contributed by atoms with van der Waals surface area (Å²) in [4.78, 5) is 29.7. The second-order valence-electron chi connectivity index (χ2n) is 5.73. The van der Waals surface area contributed by atoms with Gasteiger partial charge < -0.3 is 0 Å². The molecule has 2 aromatic rings. The second kappa shape index (κ2) is 8.99. The number of nitrogens with zero attached hydrogens (tertiary/aromatic N) is 1. The normalized spacial score (nSPS) is 11.8. The average molecular weight is 325 g/mol. The third kappa shape index (κ3) is 5.03. The molecule has 2 rings (SSSR count). The van der Waals surface area contributed by atoms with Crippen LogP contribution in [0, 0.1) is 5.92 Å². The van der Waals surface area contributed by atoms with Crippen LogP contribution in [-0.2, 0) is 16.1 Å². The molecule has 4 heteroatoms. The van der Waals surface area contributed by atoms with Gasteiger partial charge in [0.2, 0.25) is 5.91 Å². The minimum atomic E-state index is -0.232. The van der Waals surface area contributed by atoms with E-state index in [1.54, 1.807) is 7.05 Å². The minimum Gasteiger partial charge on any atom is -0.294 e. The van der Waals surface area contributed by atoms with Crippen LogP contribution in [0.15, 0.2) is 60.7 Å². The smallest absolute Gasteiger partial charge is 0.245 e. The van der Waals surface area contributed by atoms with Crippen LogP contribution in [0.5, 0.6) is 0 Å². The third-order valence-electron chi connectivity index (χ3n) is 4.09. The zero-order valence-electron chi connectivity index (χ0n) is 14.1. The molecule has 1 amide bonds. The fourth-order valence-corrected chi connectivity index (χ4v) is 2.62. The molecule has 1 atom stereocenters. The Hall–Kier alpha value is -2.46. The van der Waals surface area contributed by atoms with E-state index >= 15 is 0 Å². The molecule has 24 heavy (non-hydrogen) atoms. The van der Waals surface area contributed by atoms with E-state index in [9.17, 15) is 9.59 Å². The Labute approximate surface area is 143 Å². The summed E-state index contributed by atoms with van der Waals surface area (Å²) in [6.07, 6.45) is 1.40. The number of Topliss-reactive ketones (excluding diaryl/α,β-unsaturated/α-hetero) is 1. The molecule has 0 aliphatic heterocycles. The van der Waals surface area contributed by atoms with Gasteiger partial charge in [0.05, 0.1) is 7.11 Å². The molecular formula is C20H23NO3. The summed E-state index contributed by atoms with van der Waals surface area (Å²) in [6, 6.07) is 19.1. The van der Waals surface area contributed by atoms with Gasteiger partial charge in [-0.25, -0.2) is 5.06 Å². The first-order valence-corrected chi connectivity index (χ1v) is 8.05. The average Bonchev–Trinajstić information content (AvgIpc) is 2.65. The number of benzene rings is 2. The van der Waals surface area contributed by atoms with Gasteiger partial charge in [-0.3, -0.25) is 14.4 Å². The van der Waals surface area contributed by atoms with E-state index in [1.807, 2.05) is 60.7 Å². The van der Waals surface area contributed by atoms with Crippen molar-refractivity contribution < 1.29 is 14.4 Å². The summed E-state index contributed by atoms with van der Waals surface area (Å²) in [6.45, 7) is 0. The highest BCUT2D eigenvalue weighted by molar-refractivity contribution is 5.98. The topological polar surface area (TPSA) is 46.6 Å². The molecule has 0 aromatic heterocycles. The van der Waals surface area contributed by atoms with Gasteiger partial charge in [-0.15, -0.1) is 0 Å². The first-order chi connectivity index (χ1) is 11.6. The van der Waals surface area contributed by atoms with Crippen molar-refractivity contribution in [2.24, 2.45) is 5.92 Å². The van der Waals surface area contributed by atoms with Gasteiger partial charge in [-0.05, 0) is 18.4 Å². The van der Waals surface area contributed by atoms with Crippen LogP contribution in [0.25, 0.3) is 0 Å². The van der Waals surface area contributed by atoms with E-state index in [1.165, 1.54) is 12.2 Å². The maximum absolute atomic E-state index is 12.8. The lowest BCUT2D eigenvalue weighted by molar-refractivity contribution is -0.168. The number of ketones is 1. The number of hydroxylamine groups is 2. The quantitative estimate of drug-likeness (QED) is 0.551. The Balaban J connectivity index is 2.12. The first-order valence-electron chi connectivity index (χ1n) is 8.05. The Morgan fingerprint density at radius 2 is 1.58 bits per heavy atom. The maximum Gasteiger partial charge on any atom is 0.245 e. The minimum absolute atomic E-state index is 0.0762. The highest BCUT2D eigenvalue weighted by atomic mass is 16.7. The molecule has 0 bridgehead atoms. The molecule has 0 saturated carbocycles. The van der Waals surface area contributed by atoms with Crippen LogP contribution in [0.2, 0.25) is 0 Å². The number of hydrogen-bond donors (Lipinski definition) is 0. The van der Waals surface area contributed by atoms with Gasteiger partial charge in [0, 0.05) is 24.9 Å². The fourth-order valence-electron chi connectivity index (χ4n) is 2.62. The third-order valence-corrected chi connectivity index (χ3v) is 4.09. The molecule has 0 aliphatic carbocycles. The Morgan fingerprint density at radius 3 is 2.17 bits per heavy atom. The maximum atomic E-state index is 12.8. The molecule has 0 spiro atoms. The van der Waals surface area contributed by atoms with E-state index in [2.05, 4.69) is 0 Å². The molecular weight excluding hydrogens is 302 g/mol. The van der Waals surface area contributed by atoms with E-state index in [4.69, 9.17) is 4.84 Å². The summed E-state index contributed by atoms with van der Waals surface area (Å²) >= 11 is 0. The summed E-state index contributed by atoms with van der Waals surface area (Å²) < 4.78 is 0. The molecule has 0 radical (unpaired) electrons. The lowest BCUT2D eigenvalue weighted by Crippen LogP contribution is -2.27. The van der Waals surface area contributed by atoms with Gasteiger partial charge >= 0.3 is 0 Å². The van der Waals surface area contributed by atoms with Gasteiger partial charge in [-0.1, -0.05) is 60.7 Å². The highest BCUT2D eigenvalue weighted by Crippen LogP contribution is 2.20. The van der Waals surface area contributed by atoms with Crippen LogP contribution >= 0.6 is 0 Å². The molecule has 126 valence electrons. The Morgan fingerprint density at radius 1 is 1.00 bits per heavy atom. The largest absolute Gasteiger partial charge is 0.294 e. The Kier molecular flexibility index (Phi) is 6.70. The molecule has 0 aliphatic rings. The summed E-state index contributed by atoms with van der Waals surface area (Å²) in [5.41, 5.74) is 1.78. The lowest BCUT2D eigenvalue weighted by atomic mass is 9.87. The summed E-state index contributed by atoms with van der Waals surface area (Å²) in [5, 5.41) is 1.20. The zero-order chi connectivity index (χ0) is 17.4. The van der Waals surface area contributed by atoms with Gasteiger partial charge in [-0.2, -0.15) is 0 Å². The number of hydrogen-bond acceptors (Lipinski definition) is 3. The zero-order valence-corrected chi connectivity index (χ0v) is 14.1. The predicted octanol–water partition coefficient (Wildman–Crippen LogP) is 3.53. The monoisotopic (exact) mass is 325 g/mol. The number of rotatable bonds is 8. The van der Waals surface area contributed by atoms with Gasteiger partial charge in [0.1, 0.15) is 0 Å². The summed E-state index contributed by atoms with van der Waals surface area (Å²) in [7, 11) is 3.03. The van der Waals surface area contributed by atoms with E-state index in [0.29, 0.717) is 18.4 Å². The van der Waals surface area contributed by atoms with Crippen molar-refractivity contribution in [1.29, 1.82) is 0 Å². The molecule has 0 heterocycles. The van der Waals surface area contributed by atoms with Gasteiger partial charge in [0.15, 0.2) is 5.78 Å². The van der Waals surface area contributed by atoms with Crippen LogP contribution in [-0.4, -0.2) is 30.9 Å². The fraction of sp³-hybridized carbons (Fsp3) is 0.300.